The van der Waals surface area contributed by atoms with E-state index in [9.17, 15) is 9.59 Å². The molecule has 24 heavy (non-hydrogen) atoms. The maximum Gasteiger partial charge on any atom is 0.336 e. The van der Waals surface area contributed by atoms with Gasteiger partial charge in [0.1, 0.15) is 5.58 Å². The summed E-state index contributed by atoms with van der Waals surface area (Å²) in [7, 11) is 3.90. The molecule has 0 saturated heterocycles. The molecule has 0 N–H and O–H groups in total. The predicted octanol–water partition coefficient (Wildman–Crippen LogP) is 3.76. The normalized spacial score (nSPS) is 11.1. The van der Waals surface area contributed by atoms with Gasteiger partial charge in [-0.05, 0) is 29.8 Å². The highest BCUT2D eigenvalue weighted by Gasteiger charge is 2.10. The molecule has 4 nitrogen and oxygen atoms in total. The fraction of sp³-hybridized carbons (Fsp3) is 0.100. The summed E-state index contributed by atoms with van der Waals surface area (Å²) in [6, 6.07) is 16.1. The number of benzene rings is 2. The molecule has 3 aromatic rings. The van der Waals surface area contributed by atoms with Gasteiger partial charge in [-0.25, -0.2) is 4.79 Å². The summed E-state index contributed by atoms with van der Waals surface area (Å²) in [5.41, 5.74) is 2.18. The lowest BCUT2D eigenvalue weighted by molar-refractivity contribution is 0.104. The monoisotopic (exact) mass is 319 g/mol. The van der Waals surface area contributed by atoms with Crippen LogP contribution in [0.1, 0.15) is 15.9 Å². The molecule has 4 heteroatoms. The predicted molar refractivity (Wildman–Crippen MR) is 96.6 cm³/mol. The summed E-state index contributed by atoms with van der Waals surface area (Å²) in [6.45, 7) is 0. The second kappa shape index (κ2) is 6.54. The van der Waals surface area contributed by atoms with Gasteiger partial charge in [-0.15, -0.1) is 0 Å². The van der Waals surface area contributed by atoms with Crippen molar-refractivity contribution in [1.82, 2.24) is 0 Å². The number of rotatable bonds is 4. The highest BCUT2D eigenvalue weighted by molar-refractivity contribution is 6.14. The largest absolute Gasteiger partial charge is 0.423 e. The fourth-order valence-corrected chi connectivity index (χ4v) is 2.61. The fourth-order valence-electron chi connectivity index (χ4n) is 2.61. The number of carbonyl (C=O) groups excluding carboxylic acids is 1. The Labute approximate surface area is 139 Å². The molecule has 0 bridgehead atoms. The van der Waals surface area contributed by atoms with Crippen molar-refractivity contribution in [2.75, 3.05) is 19.0 Å². The van der Waals surface area contributed by atoms with E-state index in [1.54, 1.807) is 24.3 Å². The topological polar surface area (TPSA) is 50.5 Å². The minimum Gasteiger partial charge on any atom is -0.423 e. The van der Waals surface area contributed by atoms with E-state index in [2.05, 4.69) is 0 Å². The maximum absolute atomic E-state index is 12.6. The average Bonchev–Trinajstić information content (AvgIpc) is 2.59. The van der Waals surface area contributed by atoms with Crippen LogP contribution in [0.25, 0.3) is 17.0 Å². The summed E-state index contributed by atoms with van der Waals surface area (Å²) in [4.78, 5) is 26.2. The zero-order chi connectivity index (χ0) is 17.1. The van der Waals surface area contributed by atoms with E-state index in [0.717, 1.165) is 11.3 Å². The van der Waals surface area contributed by atoms with Crippen molar-refractivity contribution in [1.29, 1.82) is 0 Å². The SMILES string of the molecule is CN(C)c1ccccc1C=CC(=O)c1cc(=O)oc2ccccc12. The third-order valence-electron chi connectivity index (χ3n) is 3.75. The standard InChI is InChI=1S/C20H17NO3/c1-21(2)17-9-5-3-7-14(17)11-12-18(22)16-13-20(23)24-19-10-6-4-8-15(16)19/h3-13H,1-2H3. The molecule has 0 aliphatic carbocycles. The highest BCUT2D eigenvalue weighted by Crippen LogP contribution is 2.21. The first-order valence-corrected chi connectivity index (χ1v) is 7.58. The summed E-state index contributed by atoms with van der Waals surface area (Å²) >= 11 is 0. The number of anilines is 1. The first kappa shape index (κ1) is 15.7. The molecule has 0 fully saturated rings. The quantitative estimate of drug-likeness (QED) is 0.417. The van der Waals surface area contributed by atoms with E-state index in [1.807, 2.05) is 49.3 Å². The van der Waals surface area contributed by atoms with Crippen molar-refractivity contribution in [3.8, 4) is 0 Å². The zero-order valence-corrected chi connectivity index (χ0v) is 13.5. The lowest BCUT2D eigenvalue weighted by Gasteiger charge is -2.15. The summed E-state index contributed by atoms with van der Waals surface area (Å²) in [5.74, 6) is -0.229. The van der Waals surface area contributed by atoms with Crippen LogP contribution in [0, 0.1) is 0 Å². The number of ketones is 1. The third kappa shape index (κ3) is 3.13. The van der Waals surface area contributed by atoms with E-state index in [-0.39, 0.29) is 5.78 Å². The Hall–Kier alpha value is -3.14. The van der Waals surface area contributed by atoms with Crippen molar-refractivity contribution in [2.45, 2.75) is 0 Å². The van der Waals surface area contributed by atoms with Gasteiger partial charge in [0.2, 0.25) is 0 Å². The van der Waals surface area contributed by atoms with Crippen LogP contribution in [0.5, 0.6) is 0 Å². The number of hydrogen-bond donors (Lipinski definition) is 0. The van der Waals surface area contributed by atoms with E-state index >= 15 is 0 Å². The number of nitrogens with zero attached hydrogens (tertiary/aromatic N) is 1. The van der Waals surface area contributed by atoms with Gasteiger partial charge < -0.3 is 9.32 Å². The van der Waals surface area contributed by atoms with Crippen LogP contribution >= 0.6 is 0 Å². The third-order valence-corrected chi connectivity index (χ3v) is 3.75. The Morgan fingerprint density at radius 3 is 2.54 bits per heavy atom. The second-order valence-electron chi connectivity index (χ2n) is 5.63. The molecule has 3 rings (SSSR count). The second-order valence-corrected chi connectivity index (χ2v) is 5.63. The Balaban J connectivity index is 2.01. The molecule has 0 spiro atoms. The number of carbonyl (C=O) groups is 1. The molecule has 0 saturated carbocycles. The minimum absolute atomic E-state index is 0.229. The minimum atomic E-state index is -0.529. The van der Waals surface area contributed by atoms with Crippen LogP contribution in [-0.2, 0) is 0 Å². The van der Waals surface area contributed by atoms with Crippen LogP contribution in [0.3, 0.4) is 0 Å². The molecule has 0 amide bonds. The van der Waals surface area contributed by atoms with Crippen molar-refractivity contribution in [3.63, 3.8) is 0 Å². The van der Waals surface area contributed by atoms with Gasteiger partial charge in [-0.2, -0.15) is 0 Å². The molecular weight excluding hydrogens is 302 g/mol. The Kier molecular flexibility index (Phi) is 4.29. The van der Waals surface area contributed by atoms with Gasteiger partial charge in [-0.1, -0.05) is 36.4 Å². The van der Waals surface area contributed by atoms with E-state index < -0.39 is 5.63 Å². The first-order chi connectivity index (χ1) is 11.6. The Morgan fingerprint density at radius 1 is 1.04 bits per heavy atom. The molecular formula is C20H17NO3. The summed E-state index contributed by atoms with van der Waals surface area (Å²) in [5, 5.41) is 0.632. The average molecular weight is 319 g/mol. The van der Waals surface area contributed by atoms with Gasteiger partial charge in [0.05, 0.1) is 0 Å². The van der Waals surface area contributed by atoms with Crippen LogP contribution in [0.2, 0.25) is 0 Å². The van der Waals surface area contributed by atoms with Crippen molar-refractivity contribution >= 4 is 28.5 Å². The van der Waals surface area contributed by atoms with Crippen LogP contribution < -0.4 is 10.5 Å². The first-order valence-electron chi connectivity index (χ1n) is 7.58. The van der Waals surface area contributed by atoms with Crippen molar-refractivity contribution < 1.29 is 9.21 Å². The highest BCUT2D eigenvalue weighted by atomic mass is 16.4. The van der Waals surface area contributed by atoms with Gasteiger partial charge in [0.15, 0.2) is 5.78 Å². The van der Waals surface area contributed by atoms with E-state index in [0.29, 0.717) is 16.5 Å². The van der Waals surface area contributed by atoms with Crippen LogP contribution in [0.4, 0.5) is 5.69 Å². The summed E-state index contributed by atoms with van der Waals surface area (Å²) < 4.78 is 5.13. The number of para-hydroxylation sites is 2. The molecule has 0 atom stereocenters. The van der Waals surface area contributed by atoms with Gasteiger partial charge in [0, 0.05) is 36.8 Å². The molecule has 1 aromatic heterocycles. The van der Waals surface area contributed by atoms with Crippen molar-refractivity contribution in [3.05, 3.63) is 82.2 Å². The molecule has 120 valence electrons. The maximum atomic E-state index is 12.6. The lowest BCUT2D eigenvalue weighted by atomic mass is 10.0. The summed E-state index contributed by atoms with van der Waals surface area (Å²) in [6.07, 6.45) is 3.25. The lowest BCUT2D eigenvalue weighted by Crippen LogP contribution is -2.10. The number of fused-ring (bicyclic) bond motifs is 1. The van der Waals surface area contributed by atoms with Crippen LogP contribution in [-0.4, -0.2) is 19.9 Å². The number of hydrogen-bond acceptors (Lipinski definition) is 4. The van der Waals surface area contributed by atoms with Crippen molar-refractivity contribution in [2.24, 2.45) is 0 Å². The smallest absolute Gasteiger partial charge is 0.336 e. The Morgan fingerprint density at radius 2 is 1.75 bits per heavy atom. The molecule has 0 aliphatic heterocycles. The van der Waals surface area contributed by atoms with Crippen LogP contribution in [0.15, 0.2) is 69.9 Å². The number of allylic oxidation sites excluding steroid dienone is 1. The molecule has 2 aromatic carbocycles. The molecule has 0 aliphatic rings. The van der Waals surface area contributed by atoms with Gasteiger partial charge >= 0.3 is 5.63 Å². The molecule has 1 heterocycles. The Bertz CT molecular complexity index is 983. The molecule has 0 radical (unpaired) electrons. The molecule has 0 unspecified atom stereocenters. The van der Waals surface area contributed by atoms with E-state index in [4.69, 9.17) is 4.42 Å². The van der Waals surface area contributed by atoms with E-state index in [1.165, 1.54) is 12.1 Å². The van der Waals surface area contributed by atoms with Gasteiger partial charge in [-0.3, -0.25) is 4.79 Å². The zero-order valence-electron chi connectivity index (χ0n) is 13.5. The van der Waals surface area contributed by atoms with Gasteiger partial charge in [0.25, 0.3) is 0 Å².